The van der Waals surface area contributed by atoms with Crippen LogP contribution in [-0.2, 0) is 16.1 Å². The van der Waals surface area contributed by atoms with E-state index in [4.69, 9.17) is 9.47 Å². The van der Waals surface area contributed by atoms with Gasteiger partial charge in [-0.1, -0.05) is 30.3 Å². The molecule has 0 saturated carbocycles. The first-order chi connectivity index (χ1) is 16.8. The number of methoxy groups -OCH3 is 1. The van der Waals surface area contributed by atoms with Crippen molar-refractivity contribution in [1.82, 2.24) is 9.78 Å². The van der Waals surface area contributed by atoms with Gasteiger partial charge in [0.2, 0.25) is 0 Å². The van der Waals surface area contributed by atoms with E-state index in [0.29, 0.717) is 11.4 Å². The number of nitrogens with one attached hydrogen (secondary N) is 1. The highest BCUT2D eigenvalue weighted by molar-refractivity contribution is 7.20. The van der Waals surface area contributed by atoms with E-state index >= 15 is 0 Å². The number of aromatic nitrogens is 2. The predicted molar refractivity (Wildman–Crippen MR) is 131 cm³/mol. The summed E-state index contributed by atoms with van der Waals surface area (Å²) in [6.07, 6.45) is -1.15. The quantitative estimate of drug-likeness (QED) is 0.216. The van der Waals surface area contributed by atoms with Gasteiger partial charge in [-0.3, -0.25) is 19.6 Å². The summed E-state index contributed by atoms with van der Waals surface area (Å²) < 4.78 is 12.4. The molecule has 1 atom stereocenters. The summed E-state index contributed by atoms with van der Waals surface area (Å²) in [5.41, 5.74) is 1.76. The lowest BCUT2D eigenvalue weighted by Crippen LogP contribution is -2.30. The van der Waals surface area contributed by atoms with E-state index in [-0.39, 0.29) is 17.1 Å². The van der Waals surface area contributed by atoms with Crippen LogP contribution in [0.4, 0.5) is 11.4 Å². The van der Waals surface area contributed by atoms with Crippen molar-refractivity contribution in [1.29, 1.82) is 0 Å². The van der Waals surface area contributed by atoms with Gasteiger partial charge in [0.05, 0.1) is 30.0 Å². The molecular formula is C24H22N4O6S. The van der Waals surface area contributed by atoms with E-state index in [1.807, 2.05) is 41.9 Å². The molecule has 1 N–H and O–H groups in total. The van der Waals surface area contributed by atoms with Gasteiger partial charge in [0.15, 0.2) is 6.10 Å². The second kappa shape index (κ2) is 9.94. The zero-order chi connectivity index (χ0) is 25.1. The number of hydrogen-bond acceptors (Lipinski definition) is 8. The van der Waals surface area contributed by atoms with Gasteiger partial charge < -0.3 is 14.8 Å². The number of ether oxygens (including phenoxy) is 2. The number of nitrogens with zero attached hydrogens (tertiary/aromatic N) is 3. The van der Waals surface area contributed by atoms with Gasteiger partial charge in [-0.25, -0.2) is 4.79 Å². The zero-order valence-electron chi connectivity index (χ0n) is 19.2. The first kappa shape index (κ1) is 23.9. The fourth-order valence-electron chi connectivity index (χ4n) is 3.49. The summed E-state index contributed by atoms with van der Waals surface area (Å²) in [6, 6.07) is 15.4. The summed E-state index contributed by atoms with van der Waals surface area (Å²) >= 11 is 1.24. The molecule has 0 bridgehead atoms. The van der Waals surface area contributed by atoms with Gasteiger partial charge in [0, 0.05) is 17.5 Å². The van der Waals surface area contributed by atoms with Crippen molar-refractivity contribution in [3.63, 3.8) is 0 Å². The van der Waals surface area contributed by atoms with Gasteiger partial charge in [-0.05, 0) is 31.5 Å². The molecule has 2 aromatic carbocycles. The largest absolute Gasteiger partial charge is 0.495 e. The highest BCUT2D eigenvalue weighted by Crippen LogP contribution is 2.31. The molecule has 0 aliphatic heterocycles. The van der Waals surface area contributed by atoms with Crippen LogP contribution >= 0.6 is 11.3 Å². The molecular weight excluding hydrogens is 472 g/mol. The number of non-ortho nitro benzene ring substituents is 1. The number of carbonyl (C=O) groups is 2. The third-order valence-corrected chi connectivity index (χ3v) is 6.42. The monoisotopic (exact) mass is 494 g/mol. The Morgan fingerprint density at radius 2 is 1.94 bits per heavy atom. The maximum atomic E-state index is 12.8. The lowest BCUT2D eigenvalue weighted by molar-refractivity contribution is -0.384. The van der Waals surface area contributed by atoms with Gasteiger partial charge in [-0.2, -0.15) is 5.10 Å². The molecule has 0 fully saturated rings. The maximum absolute atomic E-state index is 12.8. The average molecular weight is 495 g/mol. The van der Waals surface area contributed by atoms with Crippen molar-refractivity contribution in [2.24, 2.45) is 0 Å². The van der Waals surface area contributed by atoms with Crippen LogP contribution in [0.25, 0.3) is 10.2 Å². The summed E-state index contributed by atoms with van der Waals surface area (Å²) in [5.74, 6) is -1.05. The molecule has 1 amide bonds. The molecule has 4 aromatic rings. The topological polar surface area (TPSA) is 126 Å². The van der Waals surface area contributed by atoms with E-state index in [0.717, 1.165) is 21.5 Å². The third-order valence-electron chi connectivity index (χ3n) is 5.29. The third kappa shape index (κ3) is 5.14. The van der Waals surface area contributed by atoms with Crippen LogP contribution in [-0.4, -0.2) is 39.8 Å². The van der Waals surface area contributed by atoms with Gasteiger partial charge in [0.1, 0.15) is 15.5 Å². The number of amides is 1. The molecule has 10 nitrogen and oxygen atoms in total. The summed E-state index contributed by atoms with van der Waals surface area (Å²) in [6.45, 7) is 3.85. The minimum Gasteiger partial charge on any atom is -0.495 e. The van der Waals surface area contributed by atoms with E-state index < -0.39 is 22.9 Å². The van der Waals surface area contributed by atoms with Crippen molar-refractivity contribution in [3.8, 4) is 5.75 Å². The molecule has 2 aromatic heterocycles. The predicted octanol–water partition coefficient (Wildman–Crippen LogP) is 4.56. The van der Waals surface area contributed by atoms with E-state index in [1.54, 1.807) is 6.07 Å². The summed E-state index contributed by atoms with van der Waals surface area (Å²) in [4.78, 5) is 37.1. The number of esters is 1. The number of aryl methyl sites for hydroxylation is 1. The number of anilines is 1. The van der Waals surface area contributed by atoms with Crippen molar-refractivity contribution in [3.05, 3.63) is 80.8 Å². The fourth-order valence-corrected chi connectivity index (χ4v) is 4.53. The van der Waals surface area contributed by atoms with Crippen molar-refractivity contribution in [2.75, 3.05) is 12.4 Å². The van der Waals surface area contributed by atoms with Gasteiger partial charge in [0.25, 0.3) is 11.6 Å². The zero-order valence-corrected chi connectivity index (χ0v) is 20.0. The SMILES string of the molecule is COc1ccc([N+](=O)[O-])cc1NC(=O)C(C)OC(=O)c1cc2c(C)nn(Cc3ccccc3)c2s1. The number of nitro groups is 1. The van der Waals surface area contributed by atoms with Crippen molar-refractivity contribution >= 4 is 44.8 Å². The second-order valence-corrected chi connectivity index (χ2v) is 8.77. The molecule has 0 radical (unpaired) electrons. The number of rotatable bonds is 8. The highest BCUT2D eigenvalue weighted by Gasteiger charge is 2.24. The van der Waals surface area contributed by atoms with Crippen molar-refractivity contribution < 1.29 is 24.0 Å². The van der Waals surface area contributed by atoms with E-state index in [9.17, 15) is 19.7 Å². The molecule has 35 heavy (non-hydrogen) atoms. The smallest absolute Gasteiger partial charge is 0.349 e. The number of fused-ring (bicyclic) bond motifs is 1. The Labute approximate surface area is 204 Å². The van der Waals surface area contributed by atoms with Crippen LogP contribution in [0, 0.1) is 17.0 Å². The fraction of sp³-hybridized carbons (Fsp3) is 0.208. The van der Waals surface area contributed by atoms with Crippen LogP contribution in [0.5, 0.6) is 5.75 Å². The van der Waals surface area contributed by atoms with Crippen LogP contribution in [0.3, 0.4) is 0 Å². The molecule has 2 heterocycles. The molecule has 0 saturated heterocycles. The highest BCUT2D eigenvalue weighted by atomic mass is 32.1. The first-order valence-corrected chi connectivity index (χ1v) is 11.4. The normalized spacial score (nSPS) is 11.7. The molecule has 1 unspecified atom stereocenters. The van der Waals surface area contributed by atoms with Crippen LogP contribution in [0.2, 0.25) is 0 Å². The summed E-state index contributed by atoms with van der Waals surface area (Å²) in [5, 5.41) is 19.0. The Bertz CT molecular complexity index is 1410. The van der Waals surface area contributed by atoms with Crippen LogP contribution in [0.15, 0.2) is 54.6 Å². The Kier molecular flexibility index (Phi) is 6.78. The number of benzene rings is 2. The first-order valence-electron chi connectivity index (χ1n) is 10.6. The lowest BCUT2D eigenvalue weighted by Gasteiger charge is -2.14. The van der Waals surface area contributed by atoms with Crippen LogP contribution in [0.1, 0.15) is 27.9 Å². The number of thiophene rings is 1. The minimum absolute atomic E-state index is 0.105. The maximum Gasteiger partial charge on any atom is 0.349 e. The molecule has 0 spiro atoms. The Morgan fingerprint density at radius 1 is 1.20 bits per heavy atom. The molecule has 4 rings (SSSR count). The second-order valence-electron chi connectivity index (χ2n) is 7.74. The molecule has 11 heteroatoms. The number of hydrogen-bond donors (Lipinski definition) is 1. The number of nitro benzene ring substituents is 1. The van der Waals surface area contributed by atoms with Crippen LogP contribution < -0.4 is 10.1 Å². The number of carbonyl (C=O) groups excluding carboxylic acids is 2. The van der Waals surface area contributed by atoms with E-state index in [2.05, 4.69) is 10.4 Å². The Hall–Kier alpha value is -4.25. The minimum atomic E-state index is -1.15. The van der Waals surface area contributed by atoms with E-state index in [1.165, 1.54) is 43.6 Å². The molecule has 0 aliphatic rings. The summed E-state index contributed by atoms with van der Waals surface area (Å²) in [7, 11) is 1.38. The van der Waals surface area contributed by atoms with Gasteiger partial charge >= 0.3 is 5.97 Å². The average Bonchev–Trinajstić information content (AvgIpc) is 3.40. The lowest BCUT2D eigenvalue weighted by atomic mass is 10.2. The Balaban J connectivity index is 1.48. The molecule has 180 valence electrons. The van der Waals surface area contributed by atoms with Gasteiger partial charge in [-0.15, -0.1) is 11.3 Å². The van der Waals surface area contributed by atoms with Crippen molar-refractivity contribution in [2.45, 2.75) is 26.5 Å². The Morgan fingerprint density at radius 3 is 2.63 bits per heavy atom. The standard InChI is InChI=1S/C24H22N4O6S/c1-14-18-12-21(35-23(18)27(26-14)13-16-7-5-4-6-8-16)24(30)34-15(2)22(29)25-19-11-17(28(31)32)9-10-20(19)33-3/h4-12,15H,13H2,1-3H3,(H,25,29). The molecule has 0 aliphatic carbocycles.